The van der Waals surface area contributed by atoms with Crippen LogP contribution in [0.4, 0.5) is 24.5 Å². The van der Waals surface area contributed by atoms with Gasteiger partial charge in [0, 0.05) is 11.4 Å². The maximum Gasteiger partial charge on any atom is 0.416 e. The highest BCUT2D eigenvalue weighted by Gasteiger charge is 2.35. The number of nitrogens with zero attached hydrogens (tertiary/aromatic N) is 1. The molecule has 1 aliphatic rings. The van der Waals surface area contributed by atoms with Gasteiger partial charge in [-0.05, 0) is 53.4 Å². The summed E-state index contributed by atoms with van der Waals surface area (Å²) in [5.41, 5.74) is 1.10. The van der Waals surface area contributed by atoms with Gasteiger partial charge in [0.15, 0.2) is 0 Å². The number of rotatable bonds is 4. The van der Waals surface area contributed by atoms with Gasteiger partial charge in [0.25, 0.3) is 5.91 Å². The van der Waals surface area contributed by atoms with Gasteiger partial charge in [-0.15, -0.1) is 23.1 Å². The Morgan fingerprint density at radius 1 is 1.03 bits per heavy atom. The second-order valence-electron chi connectivity index (χ2n) is 6.53. The quantitative estimate of drug-likeness (QED) is 0.549. The molecule has 1 saturated heterocycles. The van der Waals surface area contributed by atoms with Crippen molar-refractivity contribution in [3.63, 3.8) is 0 Å². The summed E-state index contributed by atoms with van der Waals surface area (Å²) in [5, 5.41) is 4.28. The molecule has 0 spiro atoms. The summed E-state index contributed by atoms with van der Waals surface area (Å²) < 4.78 is 38.5. The minimum absolute atomic E-state index is 0.167. The van der Waals surface area contributed by atoms with Crippen LogP contribution in [0.15, 0.2) is 66.0 Å². The van der Waals surface area contributed by atoms with E-state index >= 15 is 0 Å². The van der Waals surface area contributed by atoms with Crippen LogP contribution in [-0.4, -0.2) is 17.6 Å². The summed E-state index contributed by atoms with van der Waals surface area (Å²) in [6.45, 7) is 0. The van der Waals surface area contributed by atoms with Gasteiger partial charge in [0.1, 0.15) is 5.37 Å². The maximum atomic E-state index is 12.8. The Hall–Kier alpha value is -2.78. The van der Waals surface area contributed by atoms with Crippen molar-refractivity contribution < 1.29 is 22.8 Å². The lowest BCUT2D eigenvalue weighted by atomic mass is 10.1. The number of anilines is 2. The number of amides is 2. The van der Waals surface area contributed by atoms with E-state index in [2.05, 4.69) is 5.32 Å². The molecule has 2 heterocycles. The topological polar surface area (TPSA) is 49.4 Å². The monoisotopic (exact) mass is 448 g/mol. The largest absolute Gasteiger partial charge is 0.416 e. The molecule has 0 aliphatic carbocycles. The van der Waals surface area contributed by atoms with E-state index in [0.29, 0.717) is 16.3 Å². The molecule has 0 unspecified atom stereocenters. The number of hydrogen-bond acceptors (Lipinski definition) is 4. The van der Waals surface area contributed by atoms with Crippen molar-refractivity contribution in [2.24, 2.45) is 0 Å². The summed E-state index contributed by atoms with van der Waals surface area (Å²) in [7, 11) is 0. The first-order valence-corrected chi connectivity index (χ1v) is 10.8. The van der Waals surface area contributed by atoms with Crippen LogP contribution in [0.5, 0.6) is 0 Å². The maximum absolute atomic E-state index is 12.8. The highest BCUT2D eigenvalue weighted by molar-refractivity contribution is 8.00. The fourth-order valence-corrected chi connectivity index (χ4v) is 4.89. The van der Waals surface area contributed by atoms with Crippen molar-refractivity contribution in [3.05, 3.63) is 82.0 Å². The van der Waals surface area contributed by atoms with E-state index in [0.717, 1.165) is 17.7 Å². The Morgan fingerprint density at radius 2 is 1.73 bits per heavy atom. The Morgan fingerprint density at radius 3 is 2.33 bits per heavy atom. The van der Waals surface area contributed by atoms with Crippen molar-refractivity contribution in [3.8, 4) is 0 Å². The van der Waals surface area contributed by atoms with Gasteiger partial charge in [-0.2, -0.15) is 13.2 Å². The molecule has 154 valence electrons. The second-order valence-corrected chi connectivity index (χ2v) is 8.54. The van der Waals surface area contributed by atoms with Crippen LogP contribution < -0.4 is 10.2 Å². The van der Waals surface area contributed by atoms with Crippen LogP contribution >= 0.6 is 23.1 Å². The summed E-state index contributed by atoms with van der Waals surface area (Å²) >= 11 is 2.75. The first kappa shape index (κ1) is 20.5. The molecule has 1 fully saturated rings. The molecule has 0 radical (unpaired) electrons. The van der Waals surface area contributed by atoms with Gasteiger partial charge in [-0.3, -0.25) is 14.5 Å². The van der Waals surface area contributed by atoms with Crippen LogP contribution in [0.25, 0.3) is 0 Å². The summed E-state index contributed by atoms with van der Waals surface area (Å²) in [6, 6.07) is 15.2. The number of thioether (sulfide) groups is 1. The molecule has 2 aromatic carbocycles. The number of carbonyl (C=O) groups excluding carboxylic acids is 2. The third kappa shape index (κ3) is 4.22. The van der Waals surface area contributed by atoms with Crippen molar-refractivity contribution in [2.45, 2.75) is 11.6 Å². The Bertz CT molecular complexity index is 1050. The van der Waals surface area contributed by atoms with Crippen molar-refractivity contribution in [1.29, 1.82) is 0 Å². The van der Waals surface area contributed by atoms with E-state index in [1.165, 1.54) is 40.1 Å². The Balaban J connectivity index is 1.52. The number of thiophene rings is 1. The fraction of sp³-hybridized carbons (Fsp3) is 0.143. The molecule has 30 heavy (non-hydrogen) atoms. The number of hydrogen-bond donors (Lipinski definition) is 1. The minimum atomic E-state index is -4.43. The molecule has 1 aliphatic heterocycles. The van der Waals surface area contributed by atoms with E-state index in [1.54, 1.807) is 36.4 Å². The predicted molar refractivity (Wildman–Crippen MR) is 113 cm³/mol. The Labute approximate surface area is 178 Å². The smallest absolute Gasteiger partial charge is 0.321 e. The third-order valence-corrected chi connectivity index (χ3v) is 6.62. The van der Waals surface area contributed by atoms with Gasteiger partial charge < -0.3 is 5.32 Å². The second kappa shape index (κ2) is 8.16. The lowest BCUT2D eigenvalue weighted by molar-refractivity contribution is -0.137. The van der Waals surface area contributed by atoms with Crippen LogP contribution in [0.2, 0.25) is 0 Å². The van der Waals surface area contributed by atoms with Crippen LogP contribution in [0, 0.1) is 0 Å². The van der Waals surface area contributed by atoms with E-state index in [9.17, 15) is 22.8 Å². The lowest BCUT2D eigenvalue weighted by Gasteiger charge is -2.25. The first-order valence-electron chi connectivity index (χ1n) is 8.89. The molecule has 4 nitrogen and oxygen atoms in total. The number of benzene rings is 2. The molecule has 2 amide bonds. The molecule has 9 heteroatoms. The average Bonchev–Trinajstić information content (AvgIpc) is 3.38. The predicted octanol–water partition coefficient (Wildman–Crippen LogP) is 5.80. The third-order valence-electron chi connectivity index (χ3n) is 4.54. The highest BCUT2D eigenvalue weighted by Crippen LogP contribution is 2.42. The Kier molecular flexibility index (Phi) is 5.57. The molecule has 1 atom stereocenters. The molecule has 1 aromatic heterocycles. The van der Waals surface area contributed by atoms with E-state index in [4.69, 9.17) is 0 Å². The molecule has 0 saturated carbocycles. The van der Waals surface area contributed by atoms with Crippen molar-refractivity contribution in [1.82, 2.24) is 0 Å². The fourth-order valence-electron chi connectivity index (χ4n) is 3.09. The standard InChI is InChI=1S/C21H15F3N2O2S2/c22-21(23,24)14-5-9-16(10-6-14)26-18(27)12-30-20(26)13-3-7-15(8-4-13)25-19(28)17-2-1-11-29-17/h1-11,20H,12H2,(H,25,28)/t20-/m1/s1. The number of alkyl halides is 3. The van der Waals surface area contributed by atoms with E-state index < -0.39 is 11.7 Å². The number of nitrogens with one attached hydrogen (secondary N) is 1. The van der Waals surface area contributed by atoms with Gasteiger partial charge in [-0.25, -0.2) is 0 Å². The number of carbonyl (C=O) groups is 2. The molecule has 4 rings (SSSR count). The van der Waals surface area contributed by atoms with E-state index in [1.807, 2.05) is 5.38 Å². The normalized spacial score (nSPS) is 16.7. The van der Waals surface area contributed by atoms with Gasteiger partial charge in [0.05, 0.1) is 16.2 Å². The first-order chi connectivity index (χ1) is 14.3. The zero-order valence-electron chi connectivity index (χ0n) is 15.3. The highest BCUT2D eigenvalue weighted by atomic mass is 32.2. The van der Waals surface area contributed by atoms with Crippen LogP contribution in [-0.2, 0) is 11.0 Å². The van der Waals surface area contributed by atoms with Crippen molar-refractivity contribution in [2.75, 3.05) is 16.0 Å². The zero-order valence-corrected chi connectivity index (χ0v) is 17.0. The minimum Gasteiger partial charge on any atom is -0.321 e. The molecule has 1 N–H and O–H groups in total. The summed E-state index contributed by atoms with van der Waals surface area (Å²) in [5.74, 6) is -0.128. The van der Waals surface area contributed by atoms with Crippen LogP contribution in [0.3, 0.4) is 0 Å². The van der Waals surface area contributed by atoms with E-state index in [-0.39, 0.29) is 22.9 Å². The number of halogens is 3. The van der Waals surface area contributed by atoms with Crippen molar-refractivity contribution >= 4 is 46.3 Å². The molecule has 3 aromatic rings. The molecule has 0 bridgehead atoms. The lowest BCUT2D eigenvalue weighted by Crippen LogP contribution is -2.27. The summed E-state index contributed by atoms with van der Waals surface area (Å²) in [4.78, 5) is 26.7. The summed E-state index contributed by atoms with van der Waals surface area (Å²) in [6.07, 6.45) is -4.43. The van der Waals surface area contributed by atoms with Gasteiger partial charge in [-0.1, -0.05) is 18.2 Å². The molecular weight excluding hydrogens is 433 g/mol. The zero-order chi connectivity index (χ0) is 21.3. The van der Waals surface area contributed by atoms with Gasteiger partial charge in [0.2, 0.25) is 5.91 Å². The average molecular weight is 448 g/mol. The van der Waals surface area contributed by atoms with Crippen LogP contribution in [0.1, 0.15) is 26.2 Å². The molecular formula is C21H15F3N2O2S2. The SMILES string of the molecule is O=C(Nc1ccc([C@H]2SCC(=O)N2c2ccc(C(F)(F)F)cc2)cc1)c1cccs1. The van der Waals surface area contributed by atoms with Gasteiger partial charge >= 0.3 is 6.18 Å².